The summed E-state index contributed by atoms with van der Waals surface area (Å²) in [6.07, 6.45) is 0. The van der Waals surface area contributed by atoms with Gasteiger partial charge in [0.25, 0.3) is 0 Å². The van der Waals surface area contributed by atoms with Gasteiger partial charge in [0.15, 0.2) is 6.04 Å². The lowest BCUT2D eigenvalue weighted by Gasteiger charge is -2.09. The number of carbonyl (C=O) groups excluding carboxylic acids is 1. The number of hydrogen-bond donors (Lipinski definition) is 1. The molecule has 0 unspecified atom stereocenters. The predicted molar refractivity (Wildman–Crippen MR) is 44.7 cm³/mol. The Morgan fingerprint density at radius 2 is 2.23 bits per heavy atom. The van der Waals surface area contributed by atoms with Gasteiger partial charge in [0, 0.05) is 5.56 Å². The largest absolute Gasteiger partial charge is 0.544 e. The number of carboxylic acid groups (broad SMARTS) is 1. The van der Waals surface area contributed by atoms with Crippen LogP contribution in [-0.2, 0) is 4.79 Å². The number of halogens is 2. The molecule has 0 amide bonds. The minimum atomic E-state index is -1.28. The van der Waals surface area contributed by atoms with Gasteiger partial charge in [0.2, 0.25) is 0 Å². The summed E-state index contributed by atoms with van der Waals surface area (Å²) in [6, 6.07) is 2.95. The number of carboxylic acids is 1. The molecule has 0 saturated heterocycles. The van der Waals surface area contributed by atoms with Crippen molar-refractivity contribution in [1.82, 2.24) is 0 Å². The molecule has 0 saturated carbocycles. The lowest BCUT2D eigenvalue weighted by Crippen LogP contribution is -2.61. The first-order chi connectivity index (χ1) is 6.02. The van der Waals surface area contributed by atoms with Crippen LogP contribution in [-0.4, -0.2) is 5.97 Å². The molecule has 1 atom stereocenters. The molecule has 13 heavy (non-hydrogen) atoms. The average Bonchev–Trinajstić information content (AvgIpc) is 2.08. The number of benzene rings is 1. The molecule has 0 radical (unpaired) electrons. The fraction of sp³-hybridized carbons (Fsp3) is 0.125. The molecular weight excluding hydrogens is 241 g/mol. The van der Waals surface area contributed by atoms with E-state index in [2.05, 4.69) is 21.7 Å². The molecule has 0 spiro atoms. The smallest absolute Gasteiger partial charge is 0.150 e. The van der Waals surface area contributed by atoms with Gasteiger partial charge >= 0.3 is 0 Å². The van der Waals surface area contributed by atoms with Crippen LogP contribution in [0.25, 0.3) is 0 Å². The molecule has 0 aliphatic rings. The highest BCUT2D eigenvalue weighted by molar-refractivity contribution is 9.10. The SMILES string of the molecule is [NH3+][C@H](C(=O)[O-])c1ccc(F)c(Br)c1. The minimum absolute atomic E-state index is 0.222. The molecule has 0 aromatic heterocycles. The molecule has 1 aromatic rings. The van der Waals surface area contributed by atoms with Gasteiger partial charge in [-0.05, 0) is 34.1 Å². The summed E-state index contributed by atoms with van der Waals surface area (Å²) in [6.45, 7) is 0. The zero-order valence-corrected chi connectivity index (χ0v) is 8.17. The van der Waals surface area contributed by atoms with Crippen molar-refractivity contribution in [2.24, 2.45) is 0 Å². The summed E-state index contributed by atoms with van der Waals surface area (Å²) in [7, 11) is 0. The Bertz CT molecular complexity index is 343. The highest BCUT2D eigenvalue weighted by Crippen LogP contribution is 2.19. The highest BCUT2D eigenvalue weighted by Gasteiger charge is 2.11. The predicted octanol–water partition coefficient (Wildman–Crippen LogP) is -0.379. The van der Waals surface area contributed by atoms with Crippen molar-refractivity contribution in [2.45, 2.75) is 6.04 Å². The van der Waals surface area contributed by atoms with Crippen molar-refractivity contribution in [2.75, 3.05) is 0 Å². The van der Waals surface area contributed by atoms with E-state index in [9.17, 15) is 14.3 Å². The normalized spacial score (nSPS) is 12.5. The van der Waals surface area contributed by atoms with Crippen LogP contribution in [0.3, 0.4) is 0 Å². The van der Waals surface area contributed by atoms with Gasteiger partial charge in [-0.3, -0.25) is 0 Å². The second-order valence-corrected chi connectivity index (χ2v) is 3.40. The second kappa shape index (κ2) is 3.85. The number of aliphatic carboxylic acids is 1. The number of carbonyl (C=O) groups is 1. The van der Waals surface area contributed by atoms with Gasteiger partial charge in [-0.2, -0.15) is 0 Å². The molecular formula is C8H7BrFNO2. The maximum Gasteiger partial charge on any atom is 0.150 e. The van der Waals surface area contributed by atoms with E-state index in [4.69, 9.17) is 0 Å². The molecule has 1 rings (SSSR count). The molecule has 5 heteroatoms. The highest BCUT2D eigenvalue weighted by atomic mass is 79.9. The Morgan fingerprint density at radius 3 is 2.69 bits per heavy atom. The molecule has 0 bridgehead atoms. The van der Waals surface area contributed by atoms with Crippen LogP contribution in [0.5, 0.6) is 0 Å². The summed E-state index contributed by atoms with van der Waals surface area (Å²) in [5.41, 5.74) is 3.78. The quantitative estimate of drug-likeness (QED) is 0.775. The Hall–Kier alpha value is -0.940. The van der Waals surface area contributed by atoms with Crippen LogP contribution in [0.1, 0.15) is 11.6 Å². The van der Waals surface area contributed by atoms with Crippen LogP contribution >= 0.6 is 15.9 Å². The van der Waals surface area contributed by atoms with Crippen molar-refractivity contribution in [1.29, 1.82) is 0 Å². The maximum atomic E-state index is 12.7. The second-order valence-electron chi connectivity index (χ2n) is 2.55. The first kappa shape index (κ1) is 10.1. The maximum absolute atomic E-state index is 12.7. The van der Waals surface area contributed by atoms with E-state index in [1.807, 2.05) is 0 Å². The molecule has 0 aliphatic heterocycles. The Labute approximate surface area is 82.5 Å². The Morgan fingerprint density at radius 1 is 1.62 bits per heavy atom. The van der Waals surface area contributed by atoms with Crippen molar-refractivity contribution in [3.8, 4) is 0 Å². The van der Waals surface area contributed by atoms with Gasteiger partial charge in [0.05, 0.1) is 4.47 Å². The van der Waals surface area contributed by atoms with Crippen molar-refractivity contribution < 1.29 is 20.0 Å². The third-order valence-corrected chi connectivity index (χ3v) is 2.24. The fourth-order valence-corrected chi connectivity index (χ4v) is 1.26. The molecule has 0 fully saturated rings. The topological polar surface area (TPSA) is 67.8 Å². The van der Waals surface area contributed by atoms with E-state index >= 15 is 0 Å². The van der Waals surface area contributed by atoms with Crippen LogP contribution in [0.15, 0.2) is 22.7 Å². The lowest BCUT2D eigenvalue weighted by molar-refractivity contribution is -0.443. The standard InChI is InChI=1S/C8H7BrFNO2/c9-5-3-4(1-2-6(5)10)7(11)8(12)13/h1-3,7H,11H2,(H,12,13)/t7-/m0/s1. The minimum Gasteiger partial charge on any atom is -0.544 e. The molecule has 3 N–H and O–H groups in total. The van der Waals surface area contributed by atoms with Gasteiger partial charge in [0.1, 0.15) is 11.8 Å². The zero-order valence-electron chi connectivity index (χ0n) is 6.59. The third kappa shape index (κ3) is 2.26. The van der Waals surface area contributed by atoms with Crippen LogP contribution in [0.4, 0.5) is 4.39 Å². The van der Waals surface area contributed by atoms with E-state index in [-0.39, 0.29) is 4.47 Å². The van der Waals surface area contributed by atoms with Crippen LogP contribution in [0, 0.1) is 5.82 Å². The van der Waals surface area contributed by atoms with Crippen molar-refractivity contribution >= 4 is 21.9 Å². The summed E-state index contributed by atoms with van der Waals surface area (Å²) in [5, 5.41) is 10.4. The van der Waals surface area contributed by atoms with Crippen molar-refractivity contribution in [3.63, 3.8) is 0 Å². The van der Waals surface area contributed by atoms with E-state index in [0.29, 0.717) is 5.56 Å². The average molecular weight is 248 g/mol. The van der Waals surface area contributed by atoms with Crippen molar-refractivity contribution in [3.05, 3.63) is 34.1 Å². The Balaban J connectivity index is 3.03. The van der Waals surface area contributed by atoms with Gasteiger partial charge in [-0.15, -0.1) is 0 Å². The van der Waals surface area contributed by atoms with E-state index in [0.717, 1.165) is 0 Å². The zero-order chi connectivity index (χ0) is 10.0. The molecule has 0 aliphatic carbocycles. The molecule has 1 aromatic carbocycles. The first-order valence-electron chi connectivity index (χ1n) is 3.51. The number of hydrogen-bond acceptors (Lipinski definition) is 2. The number of quaternary nitrogens is 1. The summed E-state index contributed by atoms with van der Waals surface area (Å²) < 4.78 is 13.0. The van der Waals surface area contributed by atoms with E-state index in [1.165, 1.54) is 18.2 Å². The monoisotopic (exact) mass is 247 g/mol. The summed E-state index contributed by atoms with van der Waals surface area (Å²) in [4.78, 5) is 10.4. The van der Waals surface area contributed by atoms with Crippen LogP contribution in [0.2, 0.25) is 0 Å². The van der Waals surface area contributed by atoms with Gasteiger partial charge < -0.3 is 15.6 Å². The molecule has 0 heterocycles. The summed E-state index contributed by atoms with van der Waals surface area (Å²) in [5.74, 6) is -1.71. The Kier molecular flexibility index (Phi) is 3.00. The number of rotatable bonds is 2. The molecule has 70 valence electrons. The first-order valence-corrected chi connectivity index (χ1v) is 4.30. The molecule has 3 nitrogen and oxygen atoms in total. The fourth-order valence-electron chi connectivity index (χ4n) is 0.865. The summed E-state index contributed by atoms with van der Waals surface area (Å²) >= 11 is 2.95. The van der Waals surface area contributed by atoms with E-state index in [1.54, 1.807) is 0 Å². The lowest BCUT2D eigenvalue weighted by atomic mass is 10.1. The van der Waals surface area contributed by atoms with Crippen LogP contribution < -0.4 is 10.8 Å². The van der Waals surface area contributed by atoms with E-state index < -0.39 is 17.8 Å². The van der Waals surface area contributed by atoms with Gasteiger partial charge in [-0.1, -0.05) is 0 Å². The third-order valence-electron chi connectivity index (χ3n) is 1.63. The van der Waals surface area contributed by atoms with Gasteiger partial charge in [-0.25, -0.2) is 4.39 Å².